The molecule has 0 saturated carbocycles. The number of carbonyl (C=O) groups is 4. The molecule has 218 valence electrons. The zero-order chi connectivity index (χ0) is 30.1. The number of nitrogens with zero attached hydrogens (tertiary/aromatic N) is 3. The van der Waals surface area contributed by atoms with E-state index in [-0.39, 0.29) is 13.2 Å². The number of amides is 4. The number of fused-ring (bicyclic) bond motifs is 2. The second kappa shape index (κ2) is 11.5. The predicted molar refractivity (Wildman–Crippen MR) is 161 cm³/mol. The van der Waals surface area contributed by atoms with Crippen LogP contribution in [-0.4, -0.2) is 56.2 Å². The minimum atomic E-state index is -1.74. The molecule has 4 atom stereocenters. The maximum Gasteiger partial charge on any atom is 0.286 e. The summed E-state index contributed by atoms with van der Waals surface area (Å²) in [5.41, 5.74) is 1.59. The van der Waals surface area contributed by atoms with Gasteiger partial charge in [-0.2, -0.15) is 5.26 Å². The van der Waals surface area contributed by atoms with Crippen molar-refractivity contribution in [1.82, 2.24) is 9.80 Å². The number of likely N-dealkylation sites (N-methyl/N-ethyl adjacent to an activating group) is 1. The molecular weight excluding hydrogens is 590 g/mol. The maximum atomic E-state index is 14.4. The first-order valence-corrected chi connectivity index (χ1v) is 15.0. The maximum absolute atomic E-state index is 14.4. The Labute approximate surface area is 255 Å². The van der Waals surface area contributed by atoms with Crippen LogP contribution in [0, 0.1) is 17.2 Å². The lowest BCUT2D eigenvalue weighted by Gasteiger charge is -2.48. The van der Waals surface area contributed by atoms with Crippen molar-refractivity contribution in [2.24, 2.45) is 5.92 Å². The molecule has 0 aliphatic carbocycles. The van der Waals surface area contributed by atoms with Gasteiger partial charge in [0.1, 0.15) is 0 Å². The monoisotopic (exact) mass is 615 g/mol. The SMILES string of the molecule is CN1C(=O)C2(SC(=O)Nc3ccccc3)CC(C#N)C(c3ccc4c(c3)OCO4)N2C(=O)C1SC(=O)Nc1ccccc1. The Balaban J connectivity index is 1.37. The minimum Gasteiger partial charge on any atom is -0.454 e. The van der Waals surface area contributed by atoms with E-state index in [2.05, 4.69) is 16.7 Å². The number of para-hydroxylation sites is 2. The van der Waals surface area contributed by atoms with Gasteiger partial charge in [-0.1, -0.05) is 42.5 Å². The van der Waals surface area contributed by atoms with Gasteiger partial charge in [0.25, 0.3) is 22.3 Å². The van der Waals surface area contributed by atoms with Crippen LogP contribution in [0.1, 0.15) is 18.0 Å². The number of hydrogen-bond acceptors (Lipinski definition) is 9. The molecule has 0 radical (unpaired) electrons. The number of benzene rings is 3. The Morgan fingerprint density at radius 3 is 2.21 bits per heavy atom. The molecule has 0 bridgehead atoms. The fourth-order valence-corrected chi connectivity index (χ4v) is 7.65. The lowest BCUT2D eigenvalue weighted by molar-refractivity contribution is -0.158. The molecule has 4 amide bonds. The number of ether oxygens (including phenoxy) is 2. The molecule has 0 aromatic heterocycles. The highest BCUT2D eigenvalue weighted by Gasteiger charge is 2.66. The van der Waals surface area contributed by atoms with Gasteiger partial charge in [0.2, 0.25) is 6.79 Å². The van der Waals surface area contributed by atoms with Crippen molar-refractivity contribution in [3.63, 3.8) is 0 Å². The molecule has 2 N–H and O–H groups in total. The van der Waals surface area contributed by atoms with Gasteiger partial charge in [-0.15, -0.1) is 0 Å². The summed E-state index contributed by atoms with van der Waals surface area (Å²) in [5.74, 6) is -1.02. The second-order valence-corrected chi connectivity index (χ2v) is 12.3. The Morgan fingerprint density at radius 1 is 0.930 bits per heavy atom. The van der Waals surface area contributed by atoms with Crippen LogP contribution >= 0.6 is 23.5 Å². The highest BCUT2D eigenvalue weighted by Crippen LogP contribution is 2.56. The number of rotatable bonds is 5. The van der Waals surface area contributed by atoms with Gasteiger partial charge in [-0.25, -0.2) is 0 Å². The number of nitriles is 1. The molecule has 43 heavy (non-hydrogen) atoms. The second-order valence-electron chi connectivity index (χ2n) is 10.0. The first kappa shape index (κ1) is 28.4. The van der Waals surface area contributed by atoms with Crippen molar-refractivity contribution >= 4 is 57.2 Å². The largest absolute Gasteiger partial charge is 0.454 e. The fourth-order valence-electron chi connectivity index (χ4n) is 5.53. The topological polar surface area (TPSA) is 141 Å². The number of thioether (sulfide) groups is 2. The number of anilines is 2. The predicted octanol–water partition coefficient (Wildman–Crippen LogP) is 5.25. The van der Waals surface area contributed by atoms with Crippen molar-refractivity contribution in [2.75, 3.05) is 24.5 Å². The molecule has 3 aliphatic heterocycles. The Morgan fingerprint density at radius 2 is 1.56 bits per heavy atom. The van der Waals surface area contributed by atoms with Crippen LogP contribution in [0.2, 0.25) is 0 Å². The first-order chi connectivity index (χ1) is 20.8. The van der Waals surface area contributed by atoms with Crippen molar-refractivity contribution in [1.29, 1.82) is 5.26 Å². The van der Waals surface area contributed by atoms with Gasteiger partial charge in [0.15, 0.2) is 21.7 Å². The van der Waals surface area contributed by atoms with Crippen molar-refractivity contribution in [3.8, 4) is 17.6 Å². The summed E-state index contributed by atoms with van der Waals surface area (Å²) in [7, 11) is 1.43. The van der Waals surface area contributed by atoms with Crippen molar-refractivity contribution in [2.45, 2.75) is 22.7 Å². The summed E-state index contributed by atoms with van der Waals surface area (Å²) in [5, 5.41) is 13.4. The molecule has 4 unspecified atom stereocenters. The molecular formula is C30H25N5O6S2. The number of hydrogen-bond donors (Lipinski definition) is 2. The average Bonchev–Trinajstić information content (AvgIpc) is 3.62. The normalized spacial score (nSPS) is 23.9. The minimum absolute atomic E-state index is 0.0335. The smallest absolute Gasteiger partial charge is 0.286 e. The Hall–Kier alpha value is -4.67. The molecule has 3 aromatic carbocycles. The summed E-state index contributed by atoms with van der Waals surface area (Å²) >= 11 is 1.32. The molecule has 0 spiro atoms. The standard InChI is InChI=1S/C30H25N5O6S2/c1-34-26(42-28(38)32-20-8-4-2-5-9-20)25(36)35-24(18-12-13-22-23(14-18)41-17-40-22)19(16-31)15-30(35,27(34)37)43-29(39)33-21-10-6-3-7-11-21/h2-14,19,24,26H,15,17H2,1H3,(H,32,38)(H,33,39). The van der Waals surface area contributed by atoms with Gasteiger partial charge < -0.3 is 29.9 Å². The van der Waals surface area contributed by atoms with Gasteiger partial charge in [-0.3, -0.25) is 19.2 Å². The quantitative estimate of drug-likeness (QED) is 0.394. The Bertz CT molecular complexity index is 1630. The lowest BCUT2D eigenvalue weighted by atomic mass is 9.94. The van der Waals surface area contributed by atoms with E-state index in [4.69, 9.17) is 9.47 Å². The number of nitrogens with one attached hydrogen (secondary N) is 2. The van der Waals surface area contributed by atoms with E-state index >= 15 is 0 Å². The zero-order valence-corrected chi connectivity index (χ0v) is 24.4. The van der Waals surface area contributed by atoms with E-state index in [1.807, 2.05) is 0 Å². The van der Waals surface area contributed by atoms with E-state index in [9.17, 15) is 24.4 Å². The lowest BCUT2D eigenvalue weighted by Crippen LogP contribution is -2.67. The molecule has 3 aromatic rings. The van der Waals surface area contributed by atoms with Crippen LogP contribution in [0.4, 0.5) is 21.0 Å². The first-order valence-electron chi connectivity index (χ1n) is 13.3. The summed E-state index contributed by atoms with van der Waals surface area (Å²) < 4.78 is 11.0. The van der Waals surface area contributed by atoms with Crippen LogP contribution in [0.25, 0.3) is 0 Å². The van der Waals surface area contributed by atoms with E-state index in [1.165, 1.54) is 16.8 Å². The van der Waals surface area contributed by atoms with Crippen LogP contribution in [0.15, 0.2) is 78.9 Å². The highest BCUT2D eigenvalue weighted by atomic mass is 32.2. The number of piperazine rings is 1. The van der Waals surface area contributed by atoms with Crippen LogP contribution in [0.3, 0.4) is 0 Å². The van der Waals surface area contributed by atoms with Crippen LogP contribution < -0.4 is 20.1 Å². The van der Waals surface area contributed by atoms with Gasteiger partial charge in [0.05, 0.1) is 18.0 Å². The third kappa shape index (κ3) is 5.24. The molecule has 3 heterocycles. The van der Waals surface area contributed by atoms with E-state index in [0.717, 1.165) is 0 Å². The van der Waals surface area contributed by atoms with Crippen molar-refractivity contribution < 1.29 is 28.7 Å². The van der Waals surface area contributed by atoms with Gasteiger partial charge in [0, 0.05) is 24.8 Å². The van der Waals surface area contributed by atoms with E-state index in [1.54, 1.807) is 78.9 Å². The fraction of sp³-hybridized carbons (Fsp3) is 0.233. The summed E-state index contributed by atoms with van der Waals surface area (Å²) in [4.78, 5) is 55.8. The van der Waals surface area contributed by atoms with E-state index in [0.29, 0.717) is 52.0 Å². The summed E-state index contributed by atoms with van der Waals surface area (Å²) in [6.45, 7) is 0.0335. The Kier molecular flexibility index (Phi) is 7.64. The summed E-state index contributed by atoms with van der Waals surface area (Å²) in [6, 6.07) is 23.9. The summed E-state index contributed by atoms with van der Waals surface area (Å²) in [6.07, 6.45) is -0.0992. The van der Waals surface area contributed by atoms with Crippen molar-refractivity contribution in [3.05, 3.63) is 84.4 Å². The highest BCUT2D eigenvalue weighted by molar-refractivity contribution is 8.16. The van der Waals surface area contributed by atoms with Gasteiger partial charge in [-0.05, 0) is 65.5 Å². The molecule has 3 aliphatic rings. The van der Waals surface area contributed by atoms with Crippen LogP contribution in [0.5, 0.6) is 11.5 Å². The third-order valence-corrected chi connectivity index (χ3v) is 9.64. The van der Waals surface area contributed by atoms with Crippen LogP contribution in [-0.2, 0) is 9.59 Å². The molecule has 6 rings (SSSR count). The zero-order valence-electron chi connectivity index (χ0n) is 22.8. The van der Waals surface area contributed by atoms with Gasteiger partial charge >= 0.3 is 0 Å². The molecule has 2 saturated heterocycles. The molecule has 11 nitrogen and oxygen atoms in total. The average molecular weight is 616 g/mol. The van der Waals surface area contributed by atoms with E-state index < -0.39 is 44.5 Å². The molecule has 2 fully saturated rings. The third-order valence-electron chi connectivity index (χ3n) is 7.42. The molecule has 13 heteroatoms. The number of carbonyl (C=O) groups excluding carboxylic acids is 4.